The Kier molecular flexibility index (Phi) is 13.2. The molecule has 10 heteroatoms. The molecule has 1 amide bonds. The number of H-pyrrole nitrogens is 1. The highest BCUT2D eigenvalue weighted by atomic mass is 16.6. The SMILES string of the molecule is Cc1ccc(N(Cc2cccc(OCCCCCCCCCNC[C@H](O)c3ccc(O)c4[nH]c(=O)ccc34)c2)C(=O)O[C@H]2CN3CCC2CC3)cc1. The molecule has 2 atom stereocenters. The third-order valence-corrected chi connectivity index (χ3v) is 10.5. The second kappa shape index (κ2) is 18.4. The Hall–Kier alpha value is -4.38. The Bertz CT molecular complexity index is 1800. The topological polar surface area (TPSA) is 127 Å². The van der Waals surface area contributed by atoms with Gasteiger partial charge in [-0.3, -0.25) is 14.6 Å². The van der Waals surface area contributed by atoms with Crippen molar-refractivity contribution < 1.29 is 24.5 Å². The summed E-state index contributed by atoms with van der Waals surface area (Å²) in [7, 11) is 0. The molecule has 1 aromatic heterocycles. The highest BCUT2D eigenvalue weighted by Crippen LogP contribution is 2.31. The number of amides is 1. The number of carbonyl (C=O) groups is 1. The number of aromatic hydroxyl groups is 1. The zero-order chi connectivity index (χ0) is 36.3. The van der Waals surface area contributed by atoms with E-state index in [9.17, 15) is 19.8 Å². The van der Waals surface area contributed by atoms with Crippen molar-refractivity contribution >= 4 is 22.7 Å². The maximum absolute atomic E-state index is 13.6. The van der Waals surface area contributed by atoms with Gasteiger partial charge in [-0.05, 0) is 106 Å². The maximum Gasteiger partial charge on any atom is 0.414 e. The van der Waals surface area contributed by atoms with E-state index in [1.807, 2.05) is 55.5 Å². The fourth-order valence-corrected chi connectivity index (χ4v) is 7.46. The Balaban J connectivity index is 0.861. The highest BCUT2D eigenvalue weighted by Gasteiger charge is 2.37. The van der Waals surface area contributed by atoms with Gasteiger partial charge >= 0.3 is 6.09 Å². The van der Waals surface area contributed by atoms with E-state index in [1.54, 1.807) is 17.0 Å². The molecule has 278 valence electrons. The second-order valence-electron chi connectivity index (χ2n) is 14.5. The summed E-state index contributed by atoms with van der Waals surface area (Å²) in [6.07, 6.45) is 8.91. The number of aromatic nitrogens is 1. The minimum absolute atomic E-state index is 0.00797. The number of hydrogen-bond donors (Lipinski definition) is 4. The van der Waals surface area contributed by atoms with Crippen LogP contribution < -0.4 is 20.5 Å². The minimum atomic E-state index is -0.740. The van der Waals surface area contributed by atoms with Crippen LogP contribution in [0.1, 0.15) is 80.6 Å². The smallest absolute Gasteiger partial charge is 0.414 e. The van der Waals surface area contributed by atoms with Crippen molar-refractivity contribution in [2.45, 2.75) is 83.5 Å². The average Bonchev–Trinajstić information content (AvgIpc) is 3.15. The molecule has 4 aromatic rings. The molecular weight excluding hydrogens is 656 g/mol. The Morgan fingerprint density at radius 2 is 1.71 bits per heavy atom. The predicted octanol–water partition coefficient (Wildman–Crippen LogP) is 7.21. The lowest BCUT2D eigenvalue weighted by atomic mass is 9.86. The van der Waals surface area contributed by atoms with Crippen molar-refractivity contribution in [3.63, 3.8) is 0 Å². The quantitative estimate of drug-likeness (QED) is 0.0799. The number of fused-ring (bicyclic) bond motifs is 4. The van der Waals surface area contributed by atoms with Crippen LogP contribution in [0.2, 0.25) is 0 Å². The van der Waals surface area contributed by atoms with Crippen molar-refractivity contribution in [2.24, 2.45) is 5.92 Å². The molecule has 3 aliphatic rings. The van der Waals surface area contributed by atoms with Crippen LogP contribution in [0, 0.1) is 12.8 Å². The number of carbonyl (C=O) groups excluding carboxylic acids is 1. The number of phenolic OH excluding ortho intramolecular Hbond substituents is 1. The number of unbranched alkanes of at least 4 members (excludes halogenated alkanes) is 6. The van der Waals surface area contributed by atoms with E-state index < -0.39 is 6.10 Å². The number of pyridine rings is 1. The van der Waals surface area contributed by atoms with E-state index in [1.165, 1.54) is 31.4 Å². The number of rotatable bonds is 18. The number of aliphatic hydroxyl groups excluding tert-OH is 1. The Labute approximate surface area is 306 Å². The van der Waals surface area contributed by atoms with E-state index in [-0.39, 0.29) is 23.5 Å². The van der Waals surface area contributed by atoms with E-state index in [2.05, 4.69) is 15.2 Å². The number of nitrogens with zero attached hydrogens (tertiary/aromatic N) is 2. The molecule has 7 rings (SSSR count). The van der Waals surface area contributed by atoms with Gasteiger partial charge in [0.1, 0.15) is 17.6 Å². The van der Waals surface area contributed by atoms with Crippen molar-refractivity contribution in [2.75, 3.05) is 44.2 Å². The van der Waals surface area contributed by atoms with Crippen LogP contribution in [-0.4, -0.2) is 71.6 Å². The number of ether oxygens (including phenoxy) is 2. The van der Waals surface area contributed by atoms with Gasteiger partial charge in [-0.25, -0.2) is 4.79 Å². The number of phenols is 1. The first kappa shape index (κ1) is 37.4. The molecule has 0 radical (unpaired) electrons. The molecule has 4 N–H and O–H groups in total. The number of anilines is 1. The fourth-order valence-electron chi connectivity index (χ4n) is 7.46. The lowest BCUT2D eigenvalue weighted by molar-refractivity contribution is -0.0311. The first-order valence-electron chi connectivity index (χ1n) is 19.1. The summed E-state index contributed by atoms with van der Waals surface area (Å²) in [6.45, 7) is 7.38. The van der Waals surface area contributed by atoms with Gasteiger partial charge < -0.3 is 30.0 Å². The van der Waals surface area contributed by atoms with Gasteiger partial charge in [-0.15, -0.1) is 0 Å². The zero-order valence-electron chi connectivity index (χ0n) is 30.4. The first-order valence-corrected chi connectivity index (χ1v) is 19.1. The number of aliphatic hydroxyl groups is 1. The van der Waals surface area contributed by atoms with Crippen LogP contribution in [0.4, 0.5) is 10.5 Å². The van der Waals surface area contributed by atoms with E-state index in [4.69, 9.17) is 9.47 Å². The summed E-state index contributed by atoms with van der Waals surface area (Å²) >= 11 is 0. The number of nitrogens with one attached hydrogen (secondary N) is 2. The molecule has 0 aliphatic carbocycles. The minimum Gasteiger partial charge on any atom is -0.506 e. The Morgan fingerprint density at radius 3 is 2.46 bits per heavy atom. The third-order valence-electron chi connectivity index (χ3n) is 10.5. The van der Waals surface area contributed by atoms with Crippen molar-refractivity contribution in [1.82, 2.24) is 15.2 Å². The van der Waals surface area contributed by atoms with Gasteiger partial charge in [-0.1, -0.05) is 68.0 Å². The van der Waals surface area contributed by atoms with Crippen LogP contribution in [0.5, 0.6) is 11.5 Å². The van der Waals surface area contributed by atoms with Crippen molar-refractivity contribution in [3.05, 3.63) is 99.8 Å². The van der Waals surface area contributed by atoms with Crippen LogP contribution >= 0.6 is 0 Å². The number of aryl methyl sites for hydroxylation is 1. The molecule has 0 unspecified atom stereocenters. The summed E-state index contributed by atoms with van der Waals surface area (Å²) in [6, 6.07) is 22.3. The summed E-state index contributed by atoms with van der Waals surface area (Å²) < 4.78 is 12.3. The number of aromatic amines is 1. The van der Waals surface area contributed by atoms with Gasteiger partial charge in [-0.2, -0.15) is 0 Å². The number of piperidine rings is 3. The van der Waals surface area contributed by atoms with Gasteiger partial charge in [0.05, 0.1) is 24.8 Å². The molecule has 3 aliphatic heterocycles. The zero-order valence-corrected chi connectivity index (χ0v) is 30.4. The monoisotopic (exact) mass is 710 g/mol. The largest absolute Gasteiger partial charge is 0.506 e. The van der Waals surface area contributed by atoms with Crippen molar-refractivity contribution in [1.29, 1.82) is 0 Å². The molecule has 3 saturated heterocycles. The third kappa shape index (κ3) is 10.1. The molecule has 0 spiro atoms. The molecule has 4 heterocycles. The van der Waals surface area contributed by atoms with Crippen LogP contribution in [0.3, 0.4) is 0 Å². The predicted molar refractivity (Wildman–Crippen MR) is 205 cm³/mol. The van der Waals surface area contributed by atoms with E-state index in [0.717, 1.165) is 87.3 Å². The van der Waals surface area contributed by atoms with Gasteiger partial charge in [0.2, 0.25) is 5.56 Å². The number of hydrogen-bond acceptors (Lipinski definition) is 8. The molecule has 0 saturated carbocycles. The van der Waals surface area contributed by atoms with Gasteiger partial charge in [0.25, 0.3) is 0 Å². The van der Waals surface area contributed by atoms with Crippen LogP contribution in [0.15, 0.2) is 77.6 Å². The average molecular weight is 711 g/mol. The summed E-state index contributed by atoms with van der Waals surface area (Å²) in [4.78, 5) is 32.0. The van der Waals surface area contributed by atoms with Crippen LogP contribution in [-0.2, 0) is 11.3 Å². The van der Waals surface area contributed by atoms with E-state index >= 15 is 0 Å². The molecular formula is C42H54N4O6. The molecule has 52 heavy (non-hydrogen) atoms. The Morgan fingerprint density at radius 1 is 0.962 bits per heavy atom. The molecule has 3 fully saturated rings. The standard InChI is InChI=1S/C42H54N4O6/c1-30-12-14-33(15-13-30)46(42(50)52-39-29-45-23-20-32(39)21-24-45)28-31-10-9-11-34(26-31)51-25-8-6-4-2-3-5-7-22-43-27-38(48)35-16-18-37(47)41-36(35)17-19-40(49)44-41/h9-19,26,32,38-39,43,47-48H,2-8,20-25,27-29H2,1H3,(H,44,49)/t38-,39-/m0/s1. The molecule has 2 bridgehead atoms. The lowest BCUT2D eigenvalue weighted by Crippen LogP contribution is -2.53. The van der Waals surface area contributed by atoms with Crippen LogP contribution in [0.25, 0.3) is 10.9 Å². The normalized spacial score (nSPS) is 18.7. The summed E-state index contributed by atoms with van der Waals surface area (Å²) in [5.41, 5.74) is 3.71. The van der Waals surface area contributed by atoms with Gasteiger partial charge in [0, 0.05) is 30.2 Å². The van der Waals surface area contributed by atoms with E-state index in [0.29, 0.717) is 42.1 Å². The lowest BCUT2D eigenvalue weighted by Gasteiger charge is -2.44. The first-order chi connectivity index (χ1) is 25.3. The highest BCUT2D eigenvalue weighted by molar-refractivity contribution is 5.88. The van der Waals surface area contributed by atoms with Crippen molar-refractivity contribution in [3.8, 4) is 11.5 Å². The fraction of sp³-hybridized carbons (Fsp3) is 0.476. The number of benzene rings is 3. The summed E-state index contributed by atoms with van der Waals surface area (Å²) in [5.74, 6) is 1.26. The second-order valence-corrected chi connectivity index (χ2v) is 14.5. The maximum atomic E-state index is 13.6. The van der Waals surface area contributed by atoms with Gasteiger partial charge in [0.15, 0.2) is 0 Å². The molecule has 3 aromatic carbocycles. The summed E-state index contributed by atoms with van der Waals surface area (Å²) in [5, 5.41) is 24.8. The molecule has 10 nitrogen and oxygen atoms in total.